The number of hydrogen-bond acceptors (Lipinski definition) is 4. The van der Waals surface area contributed by atoms with E-state index in [9.17, 15) is 18.0 Å². The summed E-state index contributed by atoms with van der Waals surface area (Å²) in [6, 6.07) is 1.53. The molecule has 0 radical (unpaired) electrons. The molecule has 0 saturated heterocycles. The van der Waals surface area contributed by atoms with Crippen molar-refractivity contribution in [1.29, 1.82) is 0 Å². The van der Waals surface area contributed by atoms with E-state index in [1.165, 1.54) is 10.5 Å². The Kier molecular flexibility index (Phi) is 5.83. The van der Waals surface area contributed by atoms with Crippen LogP contribution in [0.3, 0.4) is 0 Å². The first-order valence-electron chi connectivity index (χ1n) is 7.86. The Labute approximate surface area is 142 Å². The van der Waals surface area contributed by atoms with E-state index < -0.39 is 17.8 Å². The van der Waals surface area contributed by atoms with Crippen LogP contribution in [-0.4, -0.2) is 33.2 Å². The van der Waals surface area contributed by atoms with Crippen LogP contribution in [0.4, 0.5) is 18.0 Å². The number of aromatic nitrogens is 3. The Morgan fingerprint density at radius 1 is 1.32 bits per heavy atom. The van der Waals surface area contributed by atoms with Crippen LogP contribution in [0.1, 0.15) is 31.7 Å². The Balaban J connectivity index is 2.04. The van der Waals surface area contributed by atoms with Gasteiger partial charge in [-0.15, -0.1) is 10.2 Å². The number of nitrogens with zero attached hydrogens (tertiary/aromatic N) is 3. The lowest BCUT2D eigenvalue weighted by atomic mass is 10.0. The van der Waals surface area contributed by atoms with E-state index in [0.29, 0.717) is 12.5 Å². The summed E-state index contributed by atoms with van der Waals surface area (Å²) in [5.74, 6) is 0.569. The second-order valence-electron chi connectivity index (χ2n) is 6.15. The molecule has 2 aromatic heterocycles. The predicted molar refractivity (Wildman–Crippen MR) is 85.7 cm³/mol. The van der Waals surface area contributed by atoms with Gasteiger partial charge in [-0.25, -0.2) is 4.79 Å². The van der Waals surface area contributed by atoms with Crippen LogP contribution >= 0.6 is 0 Å². The third-order valence-corrected chi connectivity index (χ3v) is 3.58. The van der Waals surface area contributed by atoms with Gasteiger partial charge in [0.1, 0.15) is 0 Å². The Bertz CT molecular complexity index is 728. The van der Waals surface area contributed by atoms with Crippen LogP contribution in [-0.2, 0) is 12.7 Å². The minimum absolute atomic E-state index is 0.0622. The highest BCUT2D eigenvalue weighted by molar-refractivity contribution is 5.74. The number of hydrogen-bond donors (Lipinski definition) is 3. The molecule has 4 N–H and O–H groups in total. The van der Waals surface area contributed by atoms with Crippen molar-refractivity contribution in [3.05, 3.63) is 29.7 Å². The normalized spacial score (nSPS) is 13.2. The summed E-state index contributed by atoms with van der Waals surface area (Å²) in [4.78, 5) is 11.9. The van der Waals surface area contributed by atoms with Gasteiger partial charge in [0.05, 0.1) is 12.1 Å². The van der Waals surface area contributed by atoms with Crippen molar-refractivity contribution in [3.63, 3.8) is 0 Å². The fourth-order valence-electron chi connectivity index (χ4n) is 2.41. The van der Waals surface area contributed by atoms with Crippen molar-refractivity contribution in [2.24, 2.45) is 11.7 Å². The lowest BCUT2D eigenvalue weighted by Gasteiger charge is -2.19. The summed E-state index contributed by atoms with van der Waals surface area (Å²) >= 11 is 0. The van der Waals surface area contributed by atoms with Gasteiger partial charge in [0.2, 0.25) is 0 Å². The van der Waals surface area contributed by atoms with Crippen molar-refractivity contribution >= 4 is 11.7 Å². The number of carbonyl (C=O) groups excluding carboxylic acids is 1. The summed E-state index contributed by atoms with van der Waals surface area (Å²) in [6.45, 7) is 4.27. The number of nitrogens with one attached hydrogen (secondary N) is 2. The lowest BCUT2D eigenvalue weighted by molar-refractivity contribution is -0.137. The van der Waals surface area contributed by atoms with E-state index in [1.807, 2.05) is 13.8 Å². The predicted octanol–water partition coefficient (Wildman–Crippen LogP) is 1.92. The van der Waals surface area contributed by atoms with Crippen LogP contribution in [0, 0.1) is 5.92 Å². The van der Waals surface area contributed by atoms with Crippen LogP contribution in [0.2, 0.25) is 0 Å². The maximum Gasteiger partial charge on any atom is 0.417 e. The SMILES string of the molecule is CC(C)CC(CN)NC(=O)NCc1nnc2ccc(C(F)(F)F)cn12. The molecule has 0 aromatic carbocycles. The summed E-state index contributed by atoms with van der Waals surface area (Å²) in [6.07, 6.45) is -2.83. The zero-order valence-corrected chi connectivity index (χ0v) is 14.0. The maximum absolute atomic E-state index is 12.8. The highest BCUT2D eigenvalue weighted by Crippen LogP contribution is 2.29. The van der Waals surface area contributed by atoms with Gasteiger partial charge in [-0.05, 0) is 24.5 Å². The van der Waals surface area contributed by atoms with E-state index in [-0.39, 0.29) is 24.1 Å². The van der Waals surface area contributed by atoms with Crippen LogP contribution < -0.4 is 16.4 Å². The Morgan fingerprint density at radius 2 is 2.04 bits per heavy atom. The van der Waals surface area contributed by atoms with Gasteiger partial charge in [-0.2, -0.15) is 13.2 Å². The van der Waals surface area contributed by atoms with Crippen molar-refractivity contribution in [2.45, 2.75) is 39.0 Å². The fraction of sp³-hybridized carbons (Fsp3) is 0.533. The molecule has 2 heterocycles. The molecule has 2 amide bonds. The number of urea groups is 1. The van der Waals surface area contributed by atoms with Crippen molar-refractivity contribution in [1.82, 2.24) is 25.2 Å². The van der Waals surface area contributed by atoms with E-state index in [2.05, 4.69) is 20.8 Å². The zero-order valence-electron chi connectivity index (χ0n) is 14.0. The smallest absolute Gasteiger partial charge is 0.334 e. The van der Waals surface area contributed by atoms with Gasteiger partial charge in [0, 0.05) is 18.8 Å². The van der Waals surface area contributed by atoms with Gasteiger partial charge < -0.3 is 16.4 Å². The molecule has 1 atom stereocenters. The number of pyridine rings is 1. The fourth-order valence-corrected chi connectivity index (χ4v) is 2.41. The number of alkyl halides is 3. The molecule has 2 rings (SSSR count). The first-order chi connectivity index (χ1) is 11.7. The molecular weight excluding hydrogens is 337 g/mol. The molecule has 0 aliphatic rings. The van der Waals surface area contributed by atoms with Gasteiger partial charge in [-0.3, -0.25) is 4.40 Å². The van der Waals surface area contributed by atoms with Crippen LogP contribution in [0.5, 0.6) is 0 Å². The Morgan fingerprint density at radius 3 is 2.64 bits per heavy atom. The lowest BCUT2D eigenvalue weighted by Crippen LogP contribution is -2.46. The summed E-state index contributed by atoms with van der Waals surface area (Å²) in [5, 5.41) is 12.9. The zero-order chi connectivity index (χ0) is 18.6. The molecule has 2 aromatic rings. The molecule has 10 heteroatoms. The van der Waals surface area contributed by atoms with E-state index in [0.717, 1.165) is 18.7 Å². The minimum atomic E-state index is -4.47. The van der Waals surface area contributed by atoms with Gasteiger partial charge in [-0.1, -0.05) is 13.8 Å². The largest absolute Gasteiger partial charge is 0.417 e. The molecule has 0 aliphatic carbocycles. The maximum atomic E-state index is 12.8. The average molecular weight is 358 g/mol. The third-order valence-electron chi connectivity index (χ3n) is 3.58. The second-order valence-corrected chi connectivity index (χ2v) is 6.15. The summed E-state index contributed by atoms with van der Waals surface area (Å²) < 4.78 is 39.6. The first kappa shape index (κ1) is 19.0. The topological polar surface area (TPSA) is 97.3 Å². The molecule has 138 valence electrons. The number of carbonyl (C=O) groups is 1. The van der Waals surface area contributed by atoms with Gasteiger partial charge in [0.25, 0.3) is 0 Å². The molecule has 1 unspecified atom stereocenters. The molecule has 0 spiro atoms. The molecule has 0 aliphatic heterocycles. The van der Waals surface area contributed by atoms with E-state index in [4.69, 9.17) is 5.73 Å². The van der Waals surface area contributed by atoms with Crippen molar-refractivity contribution < 1.29 is 18.0 Å². The van der Waals surface area contributed by atoms with Gasteiger partial charge >= 0.3 is 12.2 Å². The van der Waals surface area contributed by atoms with E-state index in [1.54, 1.807) is 0 Å². The number of nitrogens with two attached hydrogens (primary N) is 1. The highest BCUT2D eigenvalue weighted by Gasteiger charge is 2.31. The minimum Gasteiger partial charge on any atom is -0.334 e. The van der Waals surface area contributed by atoms with E-state index >= 15 is 0 Å². The highest BCUT2D eigenvalue weighted by atomic mass is 19.4. The molecule has 7 nitrogen and oxygen atoms in total. The molecular formula is C15H21F3N6O. The summed E-state index contributed by atoms with van der Waals surface area (Å²) in [5.41, 5.74) is 5.07. The quantitative estimate of drug-likeness (QED) is 0.735. The van der Waals surface area contributed by atoms with Crippen LogP contribution in [0.25, 0.3) is 5.65 Å². The molecule has 25 heavy (non-hydrogen) atoms. The number of fused-ring (bicyclic) bond motifs is 1. The molecule has 0 saturated carbocycles. The number of amides is 2. The Hall–Kier alpha value is -2.36. The monoisotopic (exact) mass is 358 g/mol. The number of halogens is 3. The standard InChI is InChI=1S/C15H21F3N6O/c1-9(2)5-11(6-19)21-14(25)20-7-13-23-22-12-4-3-10(8-24(12)13)15(16,17)18/h3-4,8-9,11H,5-7,19H2,1-2H3,(H2,20,21,25). The first-order valence-corrected chi connectivity index (χ1v) is 7.86. The van der Waals surface area contributed by atoms with Crippen LogP contribution in [0.15, 0.2) is 18.3 Å². The summed E-state index contributed by atoms with van der Waals surface area (Å²) in [7, 11) is 0. The van der Waals surface area contributed by atoms with Crippen molar-refractivity contribution in [2.75, 3.05) is 6.54 Å². The number of rotatable bonds is 6. The van der Waals surface area contributed by atoms with Gasteiger partial charge in [0.15, 0.2) is 11.5 Å². The molecule has 0 bridgehead atoms. The van der Waals surface area contributed by atoms with Crippen molar-refractivity contribution in [3.8, 4) is 0 Å². The molecule has 0 fully saturated rings. The third kappa shape index (κ3) is 5.05. The second kappa shape index (κ2) is 7.68. The average Bonchev–Trinajstić information content (AvgIpc) is 2.93.